The Labute approximate surface area is 131 Å². The lowest BCUT2D eigenvalue weighted by atomic mass is 9.52. The number of nitrogens with zero attached hydrogens (tertiary/aromatic N) is 3. The van der Waals surface area contributed by atoms with Crippen LogP contribution in [0.2, 0.25) is 0 Å². The van der Waals surface area contributed by atoms with Gasteiger partial charge in [0.25, 0.3) is 5.91 Å². The van der Waals surface area contributed by atoms with Crippen molar-refractivity contribution >= 4 is 11.9 Å². The lowest BCUT2D eigenvalue weighted by Gasteiger charge is -2.59. The fourth-order valence-corrected chi connectivity index (χ4v) is 5.44. The zero-order chi connectivity index (χ0) is 15.3. The second-order valence-corrected chi connectivity index (χ2v) is 7.55. The molecular formula is C17H24N4O. The van der Waals surface area contributed by atoms with Crippen molar-refractivity contribution in [3.05, 3.63) is 18.0 Å². The molecule has 0 atom stereocenters. The van der Waals surface area contributed by atoms with Crippen LogP contribution in [0.1, 0.15) is 48.9 Å². The molecule has 4 aliphatic rings. The number of anilines is 1. The minimum absolute atomic E-state index is 0.135. The number of hydrogen-bond donors (Lipinski definition) is 1. The van der Waals surface area contributed by atoms with E-state index in [1.165, 1.54) is 38.5 Å². The largest absolute Gasteiger partial charge is 0.355 e. The summed E-state index contributed by atoms with van der Waals surface area (Å²) in [6, 6.07) is 0. The van der Waals surface area contributed by atoms with Crippen LogP contribution in [0.15, 0.2) is 12.4 Å². The Kier molecular flexibility index (Phi) is 3.13. The van der Waals surface area contributed by atoms with Gasteiger partial charge in [-0.05, 0) is 56.3 Å². The van der Waals surface area contributed by atoms with Crippen LogP contribution in [-0.4, -0.2) is 35.5 Å². The number of rotatable bonds is 3. The molecule has 4 fully saturated rings. The van der Waals surface area contributed by atoms with E-state index in [4.69, 9.17) is 0 Å². The molecule has 0 saturated heterocycles. The van der Waals surface area contributed by atoms with Gasteiger partial charge in [-0.1, -0.05) is 0 Å². The Morgan fingerprint density at radius 1 is 1.14 bits per heavy atom. The summed E-state index contributed by atoms with van der Waals surface area (Å²) in [5.74, 6) is 3.33. The molecular weight excluding hydrogens is 276 g/mol. The Morgan fingerprint density at radius 3 is 2.09 bits per heavy atom. The van der Waals surface area contributed by atoms with E-state index in [0.29, 0.717) is 5.56 Å². The van der Waals surface area contributed by atoms with Gasteiger partial charge in [-0.2, -0.15) is 0 Å². The quantitative estimate of drug-likeness (QED) is 0.930. The van der Waals surface area contributed by atoms with Gasteiger partial charge in [0.2, 0.25) is 5.95 Å². The normalized spacial score (nSPS) is 35.5. The van der Waals surface area contributed by atoms with E-state index in [9.17, 15) is 4.79 Å². The predicted molar refractivity (Wildman–Crippen MR) is 84.7 cm³/mol. The van der Waals surface area contributed by atoms with Gasteiger partial charge >= 0.3 is 0 Å². The summed E-state index contributed by atoms with van der Waals surface area (Å²) in [5.41, 5.74) is 0.772. The number of carbonyl (C=O) groups is 1. The third kappa shape index (κ3) is 2.09. The SMILES string of the molecule is CNC(=O)c1cnc(N(C)C23CC4CC(CC(C4)C2)C3)nc1. The van der Waals surface area contributed by atoms with Gasteiger partial charge in [-0.25, -0.2) is 9.97 Å². The molecule has 1 amide bonds. The minimum atomic E-state index is -0.135. The third-order valence-corrected chi connectivity index (χ3v) is 6.14. The zero-order valence-corrected chi connectivity index (χ0v) is 13.4. The van der Waals surface area contributed by atoms with Crippen LogP contribution in [0.4, 0.5) is 5.95 Å². The zero-order valence-electron chi connectivity index (χ0n) is 13.4. The molecule has 4 saturated carbocycles. The summed E-state index contributed by atoms with van der Waals surface area (Å²) in [6.45, 7) is 0. The van der Waals surface area contributed by atoms with Crippen molar-refractivity contribution in [2.75, 3.05) is 19.0 Å². The van der Waals surface area contributed by atoms with E-state index in [1.807, 2.05) is 0 Å². The summed E-state index contributed by atoms with van der Waals surface area (Å²) >= 11 is 0. The number of aromatic nitrogens is 2. The molecule has 4 aliphatic carbocycles. The van der Waals surface area contributed by atoms with Crippen molar-refractivity contribution in [1.82, 2.24) is 15.3 Å². The average Bonchev–Trinajstić information content (AvgIpc) is 2.52. The van der Waals surface area contributed by atoms with Gasteiger partial charge in [0.1, 0.15) is 0 Å². The highest BCUT2D eigenvalue weighted by Crippen LogP contribution is 2.57. The van der Waals surface area contributed by atoms with E-state index in [0.717, 1.165) is 23.7 Å². The maximum atomic E-state index is 11.6. The summed E-state index contributed by atoms with van der Waals surface area (Å²) < 4.78 is 0. The third-order valence-electron chi connectivity index (χ3n) is 6.14. The standard InChI is InChI=1S/C17H24N4O/c1-18-15(22)14-9-19-16(20-10-14)21(2)17-6-11-3-12(7-17)5-13(4-11)8-17/h9-13H,3-8H2,1-2H3,(H,18,22). The lowest BCUT2D eigenvalue weighted by molar-refractivity contribution is -0.00260. The summed E-state index contributed by atoms with van der Waals surface area (Å²) in [7, 11) is 3.76. The fourth-order valence-electron chi connectivity index (χ4n) is 5.44. The van der Waals surface area contributed by atoms with Crippen molar-refractivity contribution in [3.8, 4) is 0 Å². The molecule has 1 aromatic heterocycles. The molecule has 0 radical (unpaired) electrons. The van der Waals surface area contributed by atoms with Gasteiger partial charge in [0.05, 0.1) is 5.56 Å². The Bertz CT molecular complexity index is 548. The van der Waals surface area contributed by atoms with Gasteiger partial charge in [-0.15, -0.1) is 0 Å². The molecule has 5 nitrogen and oxygen atoms in total. The molecule has 0 aromatic carbocycles. The van der Waals surface area contributed by atoms with Gasteiger partial charge < -0.3 is 10.2 Å². The topological polar surface area (TPSA) is 58.1 Å². The first-order valence-corrected chi connectivity index (χ1v) is 8.37. The second kappa shape index (κ2) is 4.93. The Hall–Kier alpha value is -1.65. The maximum absolute atomic E-state index is 11.6. The molecule has 4 bridgehead atoms. The molecule has 0 unspecified atom stereocenters. The van der Waals surface area contributed by atoms with Gasteiger partial charge in [-0.3, -0.25) is 4.79 Å². The summed E-state index contributed by atoms with van der Waals surface area (Å²) in [6.07, 6.45) is 11.4. The van der Waals surface area contributed by atoms with E-state index in [-0.39, 0.29) is 11.4 Å². The van der Waals surface area contributed by atoms with Gasteiger partial charge in [0, 0.05) is 32.0 Å². The fraction of sp³-hybridized carbons (Fsp3) is 0.706. The van der Waals surface area contributed by atoms with E-state index >= 15 is 0 Å². The molecule has 1 aromatic rings. The Morgan fingerprint density at radius 2 is 1.64 bits per heavy atom. The van der Waals surface area contributed by atoms with Crippen molar-refractivity contribution in [1.29, 1.82) is 0 Å². The van der Waals surface area contributed by atoms with E-state index in [2.05, 4.69) is 27.2 Å². The smallest absolute Gasteiger partial charge is 0.254 e. The van der Waals surface area contributed by atoms with Crippen LogP contribution in [0.3, 0.4) is 0 Å². The molecule has 22 heavy (non-hydrogen) atoms. The van der Waals surface area contributed by atoms with Crippen LogP contribution in [0, 0.1) is 17.8 Å². The van der Waals surface area contributed by atoms with Crippen LogP contribution in [0.5, 0.6) is 0 Å². The van der Waals surface area contributed by atoms with Crippen molar-refractivity contribution in [3.63, 3.8) is 0 Å². The van der Waals surface area contributed by atoms with Crippen molar-refractivity contribution in [2.45, 2.75) is 44.1 Å². The van der Waals surface area contributed by atoms with Crippen molar-refractivity contribution in [2.24, 2.45) is 17.8 Å². The maximum Gasteiger partial charge on any atom is 0.254 e. The van der Waals surface area contributed by atoms with E-state index < -0.39 is 0 Å². The Balaban J connectivity index is 1.59. The van der Waals surface area contributed by atoms with Crippen LogP contribution in [-0.2, 0) is 0 Å². The second-order valence-electron chi connectivity index (χ2n) is 7.55. The van der Waals surface area contributed by atoms with Crippen LogP contribution < -0.4 is 10.2 Å². The number of amides is 1. The molecule has 5 heteroatoms. The predicted octanol–water partition coefficient (Wildman–Crippen LogP) is 2.24. The molecule has 0 aliphatic heterocycles. The highest BCUT2D eigenvalue weighted by atomic mass is 16.1. The molecule has 0 spiro atoms. The number of nitrogens with one attached hydrogen (secondary N) is 1. The average molecular weight is 300 g/mol. The first kappa shape index (κ1) is 14.0. The first-order chi connectivity index (χ1) is 10.6. The number of hydrogen-bond acceptors (Lipinski definition) is 4. The van der Waals surface area contributed by atoms with Gasteiger partial charge in [0.15, 0.2) is 0 Å². The lowest BCUT2D eigenvalue weighted by Crippen LogP contribution is -2.59. The molecule has 1 N–H and O–H groups in total. The summed E-state index contributed by atoms with van der Waals surface area (Å²) in [4.78, 5) is 22.8. The van der Waals surface area contributed by atoms with E-state index in [1.54, 1.807) is 19.4 Å². The minimum Gasteiger partial charge on any atom is -0.355 e. The van der Waals surface area contributed by atoms with Crippen LogP contribution in [0.25, 0.3) is 0 Å². The van der Waals surface area contributed by atoms with Crippen molar-refractivity contribution < 1.29 is 4.79 Å². The first-order valence-electron chi connectivity index (χ1n) is 8.37. The highest BCUT2D eigenvalue weighted by Gasteiger charge is 2.53. The monoisotopic (exact) mass is 300 g/mol. The molecule has 1 heterocycles. The highest BCUT2D eigenvalue weighted by molar-refractivity contribution is 5.93. The number of carbonyl (C=O) groups excluding carboxylic acids is 1. The molecule has 5 rings (SSSR count). The van der Waals surface area contributed by atoms with Crippen LogP contribution >= 0.6 is 0 Å². The summed E-state index contributed by atoms with van der Waals surface area (Å²) in [5, 5.41) is 2.61. The molecule has 118 valence electrons.